The standard InChI is InChI=1S/C17H23N3/c1-20-15-9-8-13(16(18)11-4-2-3-5-11)10-14(15)19-17(20)12-6-7-12/h8-12,16H,2-7,18H2,1H3. The number of aryl methyl sites for hydroxylation is 1. The molecule has 1 aromatic carbocycles. The molecule has 0 amide bonds. The molecule has 2 saturated carbocycles. The SMILES string of the molecule is Cn1c(C2CC2)nc2cc(C(N)C3CCCC3)ccc21. The Morgan fingerprint density at radius 2 is 1.95 bits per heavy atom. The van der Waals surface area contributed by atoms with Crippen LogP contribution < -0.4 is 5.73 Å². The predicted octanol–water partition coefficient (Wildman–Crippen LogP) is 3.64. The number of hydrogen-bond acceptors (Lipinski definition) is 2. The van der Waals surface area contributed by atoms with Crippen molar-refractivity contribution in [3.05, 3.63) is 29.6 Å². The number of imidazole rings is 1. The highest BCUT2D eigenvalue weighted by atomic mass is 15.1. The molecule has 3 nitrogen and oxygen atoms in total. The fourth-order valence-electron chi connectivity index (χ4n) is 3.74. The summed E-state index contributed by atoms with van der Waals surface area (Å²) in [5, 5.41) is 0. The zero-order valence-corrected chi connectivity index (χ0v) is 12.2. The molecule has 2 fully saturated rings. The lowest BCUT2D eigenvalue weighted by Gasteiger charge is -2.19. The van der Waals surface area contributed by atoms with E-state index in [0.717, 1.165) is 5.52 Å². The van der Waals surface area contributed by atoms with Crippen molar-refractivity contribution in [3.8, 4) is 0 Å². The molecule has 2 aliphatic carbocycles. The van der Waals surface area contributed by atoms with E-state index < -0.39 is 0 Å². The maximum Gasteiger partial charge on any atom is 0.112 e. The molecule has 4 rings (SSSR count). The van der Waals surface area contributed by atoms with Crippen molar-refractivity contribution in [1.82, 2.24) is 9.55 Å². The third-order valence-corrected chi connectivity index (χ3v) is 5.17. The lowest BCUT2D eigenvalue weighted by atomic mass is 9.92. The second-order valence-electron chi connectivity index (χ2n) is 6.62. The van der Waals surface area contributed by atoms with Crippen LogP contribution in [0.15, 0.2) is 18.2 Å². The van der Waals surface area contributed by atoms with Crippen LogP contribution >= 0.6 is 0 Å². The predicted molar refractivity (Wildman–Crippen MR) is 81.6 cm³/mol. The van der Waals surface area contributed by atoms with E-state index in [2.05, 4.69) is 29.8 Å². The van der Waals surface area contributed by atoms with E-state index in [4.69, 9.17) is 10.7 Å². The molecule has 1 heterocycles. The molecule has 0 radical (unpaired) electrons. The van der Waals surface area contributed by atoms with Crippen molar-refractivity contribution < 1.29 is 0 Å². The quantitative estimate of drug-likeness (QED) is 0.924. The first-order chi connectivity index (χ1) is 9.74. The number of aromatic nitrogens is 2. The molecule has 2 aliphatic rings. The molecule has 1 unspecified atom stereocenters. The van der Waals surface area contributed by atoms with Crippen molar-refractivity contribution in [2.24, 2.45) is 18.7 Å². The normalized spacial score (nSPS) is 21.7. The monoisotopic (exact) mass is 269 g/mol. The van der Waals surface area contributed by atoms with Crippen molar-refractivity contribution in [3.63, 3.8) is 0 Å². The Hall–Kier alpha value is -1.35. The van der Waals surface area contributed by atoms with Gasteiger partial charge in [-0.3, -0.25) is 0 Å². The second-order valence-corrected chi connectivity index (χ2v) is 6.62. The van der Waals surface area contributed by atoms with Crippen LogP contribution in [0, 0.1) is 5.92 Å². The molecule has 0 bridgehead atoms. The number of nitrogens with two attached hydrogens (primary N) is 1. The topological polar surface area (TPSA) is 43.8 Å². The third kappa shape index (κ3) is 1.96. The molecule has 1 atom stereocenters. The lowest BCUT2D eigenvalue weighted by Crippen LogP contribution is -2.18. The van der Waals surface area contributed by atoms with Crippen LogP contribution in [0.2, 0.25) is 0 Å². The average molecular weight is 269 g/mol. The maximum absolute atomic E-state index is 6.47. The Bertz CT molecular complexity index is 633. The van der Waals surface area contributed by atoms with Crippen molar-refractivity contribution in [2.75, 3.05) is 0 Å². The van der Waals surface area contributed by atoms with Crippen LogP contribution in [0.25, 0.3) is 11.0 Å². The van der Waals surface area contributed by atoms with Crippen LogP contribution in [0.3, 0.4) is 0 Å². The summed E-state index contributed by atoms with van der Waals surface area (Å²) in [6.45, 7) is 0. The van der Waals surface area contributed by atoms with Crippen LogP contribution in [0.1, 0.15) is 61.9 Å². The molecule has 0 saturated heterocycles. The molecular formula is C17H23N3. The molecule has 0 spiro atoms. The van der Waals surface area contributed by atoms with E-state index in [1.807, 2.05) is 0 Å². The lowest BCUT2D eigenvalue weighted by molar-refractivity contribution is 0.445. The van der Waals surface area contributed by atoms with Crippen molar-refractivity contribution in [1.29, 1.82) is 0 Å². The zero-order chi connectivity index (χ0) is 13.7. The highest BCUT2D eigenvalue weighted by Gasteiger charge is 2.29. The first-order valence-electron chi connectivity index (χ1n) is 7.96. The Labute approximate surface area is 120 Å². The van der Waals surface area contributed by atoms with Gasteiger partial charge in [-0.15, -0.1) is 0 Å². The van der Waals surface area contributed by atoms with Gasteiger partial charge in [0.1, 0.15) is 5.82 Å². The second kappa shape index (κ2) is 4.59. The van der Waals surface area contributed by atoms with Gasteiger partial charge in [-0.2, -0.15) is 0 Å². The van der Waals surface area contributed by atoms with Crippen LogP contribution in [-0.4, -0.2) is 9.55 Å². The van der Waals surface area contributed by atoms with E-state index in [9.17, 15) is 0 Å². The van der Waals surface area contributed by atoms with Gasteiger partial charge in [0.2, 0.25) is 0 Å². The third-order valence-electron chi connectivity index (χ3n) is 5.17. The van der Waals surface area contributed by atoms with E-state index in [1.54, 1.807) is 0 Å². The summed E-state index contributed by atoms with van der Waals surface area (Å²) in [5.41, 5.74) is 10.1. The van der Waals surface area contributed by atoms with Gasteiger partial charge in [-0.05, 0) is 49.3 Å². The van der Waals surface area contributed by atoms with Crippen LogP contribution in [0.4, 0.5) is 0 Å². The van der Waals surface area contributed by atoms with Gasteiger partial charge in [0.05, 0.1) is 11.0 Å². The van der Waals surface area contributed by atoms with Crippen LogP contribution in [-0.2, 0) is 7.05 Å². The zero-order valence-electron chi connectivity index (χ0n) is 12.2. The molecule has 0 aliphatic heterocycles. The molecular weight excluding hydrogens is 246 g/mol. The first kappa shape index (κ1) is 12.4. The molecule has 106 valence electrons. The van der Waals surface area contributed by atoms with E-state index in [-0.39, 0.29) is 6.04 Å². The minimum atomic E-state index is 0.188. The van der Waals surface area contributed by atoms with Gasteiger partial charge in [0, 0.05) is 19.0 Å². The summed E-state index contributed by atoms with van der Waals surface area (Å²) in [7, 11) is 2.14. The van der Waals surface area contributed by atoms with Crippen molar-refractivity contribution in [2.45, 2.75) is 50.5 Å². The Kier molecular flexibility index (Phi) is 2.84. The van der Waals surface area contributed by atoms with Crippen LogP contribution in [0.5, 0.6) is 0 Å². The minimum absolute atomic E-state index is 0.188. The molecule has 1 aromatic heterocycles. The Morgan fingerprint density at radius 1 is 1.20 bits per heavy atom. The van der Waals surface area contributed by atoms with Gasteiger partial charge in [-0.1, -0.05) is 18.9 Å². The number of benzene rings is 1. The highest BCUT2D eigenvalue weighted by Crippen LogP contribution is 2.41. The molecule has 2 N–H and O–H groups in total. The van der Waals surface area contributed by atoms with Gasteiger partial charge in [0.15, 0.2) is 0 Å². The Balaban J connectivity index is 1.70. The van der Waals surface area contributed by atoms with E-state index >= 15 is 0 Å². The fourth-order valence-corrected chi connectivity index (χ4v) is 3.74. The number of fused-ring (bicyclic) bond motifs is 1. The average Bonchev–Trinajstić information content (AvgIpc) is 3.05. The molecule has 3 heteroatoms. The minimum Gasteiger partial charge on any atom is -0.331 e. The fraction of sp³-hybridized carbons (Fsp3) is 0.588. The van der Waals surface area contributed by atoms with E-state index in [1.165, 1.54) is 55.4 Å². The number of rotatable bonds is 3. The summed E-state index contributed by atoms with van der Waals surface area (Å²) in [6, 6.07) is 6.83. The largest absolute Gasteiger partial charge is 0.331 e. The van der Waals surface area contributed by atoms with Gasteiger partial charge in [0.25, 0.3) is 0 Å². The van der Waals surface area contributed by atoms with Gasteiger partial charge >= 0.3 is 0 Å². The Morgan fingerprint density at radius 3 is 2.65 bits per heavy atom. The number of hydrogen-bond donors (Lipinski definition) is 1. The summed E-state index contributed by atoms with van der Waals surface area (Å²) >= 11 is 0. The summed E-state index contributed by atoms with van der Waals surface area (Å²) in [6.07, 6.45) is 7.85. The summed E-state index contributed by atoms with van der Waals surface area (Å²) < 4.78 is 2.26. The molecule has 2 aromatic rings. The van der Waals surface area contributed by atoms with Gasteiger partial charge < -0.3 is 10.3 Å². The smallest absolute Gasteiger partial charge is 0.112 e. The van der Waals surface area contributed by atoms with Crippen molar-refractivity contribution >= 4 is 11.0 Å². The highest BCUT2D eigenvalue weighted by molar-refractivity contribution is 5.77. The summed E-state index contributed by atoms with van der Waals surface area (Å²) in [5.74, 6) is 2.62. The first-order valence-corrected chi connectivity index (χ1v) is 7.96. The maximum atomic E-state index is 6.47. The summed E-state index contributed by atoms with van der Waals surface area (Å²) in [4.78, 5) is 4.85. The van der Waals surface area contributed by atoms with Gasteiger partial charge in [-0.25, -0.2) is 4.98 Å². The number of nitrogens with zero attached hydrogens (tertiary/aromatic N) is 2. The van der Waals surface area contributed by atoms with E-state index in [0.29, 0.717) is 11.8 Å². The molecule has 20 heavy (non-hydrogen) atoms.